The molecule has 4 N–H and O–H groups in total. The highest BCUT2D eigenvalue weighted by Crippen LogP contribution is 2.64. The molecule has 2 fully saturated rings. The maximum atomic E-state index is 11.8. The highest BCUT2D eigenvalue weighted by atomic mass is 32.2. The minimum Gasteiger partial charge on any atom is -0.748 e. The van der Waals surface area contributed by atoms with Gasteiger partial charge in [0.1, 0.15) is 5.78 Å². The summed E-state index contributed by atoms with van der Waals surface area (Å²) in [7, 11) is -4.33. The fraction of sp³-hybridized carbons (Fsp3) is 0.900. The molecule has 2 atom stereocenters. The van der Waals surface area contributed by atoms with Crippen LogP contribution in [0.1, 0.15) is 33.1 Å². The van der Waals surface area contributed by atoms with Crippen molar-refractivity contribution in [3.63, 3.8) is 0 Å². The topological polar surface area (TPSA) is 111 Å². The molecule has 2 saturated carbocycles. The second-order valence-electron chi connectivity index (χ2n) is 5.37. The Labute approximate surface area is 95.9 Å². The first-order chi connectivity index (χ1) is 6.69. The molecule has 2 aliphatic carbocycles. The molecule has 0 radical (unpaired) electrons. The van der Waals surface area contributed by atoms with Crippen molar-refractivity contribution in [2.45, 2.75) is 33.1 Å². The molecule has 0 amide bonds. The number of quaternary nitrogens is 1. The summed E-state index contributed by atoms with van der Waals surface area (Å²) in [4.78, 5) is 11.8. The lowest BCUT2D eigenvalue weighted by atomic mass is 9.70. The summed E-state index contributed by atoms with van der Waals surface area (Å²) >= 11 is 0. The second kappa shape index (κ2) is 3.51. The lowest BCUT2D eigenvalue weighted by Gasteiger charge is -2.37. The number of hydrogen-bond acceptors (Lipinski definition) is 4. The van der Waals surface area contributed by atoms with Crippen LogP contribution >= 0.6 is 0 Å². The zero-order chi connectivity index (χ0) is 11.5. The lowest BCUT2D eigenvalue weighted by Crippen LogP contribution is -2.42. The van der Waals surface area contributed by atoms with E-state index in [9.17, 15) is 17.8 Å². The van der Waals surface area contributed by atoms with Gasteiger partial charge in [-0.15, -0.1) is 0 Å². The van der Waals surface area contributed by atoms with E-state index in [1.165, 1.54) is 0 Å². The third-order valence-corrected chi connectivity index (χ3v) is 5.41. The highest BCUT2D eigenvalue weighted by molar-refractivity contribution is 7.85. The number of hydrogen-bond donors (Lipinski definition) is 1. The number of carbonyl (C=O) groups excluding carboxylic acids is 1. The Hall–Kier alpha value is -0.460. The molecule has 0 aromatic rings. The second-order valence-corrected chi connectivity index (χ2v) is 6.77. The zero-order valence-electron chi connectivity index (χ0n) is 9.95. The Bertz CT molecular complexity index is 415. The molecule has 2 bridgehead atoms. The van der Waals surface area contributed by atoms with Gasteiger partial charge in [-0.1, -0.05) is 13.8 Å². The van der Waals surface area contributed by atoms with Crippen molar-refractivity contribution in [1.29, 1.82) is 0 Å². The minimum absolute atomic E-state index is 0. The molecule has 1 unspecified atom stereocenters. The van der Waals surface area contributed by atoms with E-state index < -0.39 is 21.3 Å². The monoisotopic (exact) mass is 249 g/mol. The van der Waals surface area contributed by atoms with E-state index in [1.807, 2.05) is 13.8 Å². The van der Waals surface area contributed by atoms with Crippen molar-refractivity contribution >= 4 is 15.9 Å². The Morgan fingerprint density at radius 2 is 2.00 bits per heavy atom. The molecule has 16 heavy (non-hydrogen) atoms. The van der Waals surface area contributed by atoms with E-state index in [1.54, 1.807) is 0 Å². The lowest BCUT2D eigenvalue weighted by molar-refractivity contribution is -0.128. The molecule has 0 spiro atoms. The fourth-order valence-electron chi connectivity index (χ4n) is 3.41. The SMILES string of the molecule is CC1(C)[C@H]2CCC1(CS(=O)(=O)[O-])C(=O)C2.[NH4+]. The van der Waals surface area contributed by atoms with Gasteiger partial charge in [-0.25, -0.2) is 8.42 Å². The number of carbonyl (C=O) groups is 1. The van der Waals surface area contributed by atoms with Crippen LogP contribution in [0.5, 0.6) is 0 Å². The summed E-state index contributed by atoms with van der Waals surface area (Å²) < 4.78 is 32.7. The van der Waals surface area contributed by atoms with Crippen molar-refractivity contribution in [3.05, 3.63) is 0 Å². The van der Waals surface area contributed by atoms with E-state index >= 15 is 0 Å². The standard InChI is InChI=1S/C10H16O4S.H3N/c1-9(2)7-3-4-10(9,8(11)5-7)6-15(12,13)14;/h7H,3-6H2,1-2H3,(H,12,13,14);1H3/t7-,10?;/m0./s1. The normalized spacial score (nSPS) is 36.2. The molecule has 0 saturated heterocycles. The van der Waals surface area contributed by atoms with Gasteiger partial charge in [-0.05, 0) is 24.2 Å². The molecular formula is C10H19NO4S. The smallest absolute Gasteiger partial charge is 0.140 e. The van der Waals surface area contributed by atoms with E-state index in [4.69, 9.17) is 0 Å². The van der Waals surface area contributed by atoms with Crippen molar-refractivity contribution in [2.75, 3.05) is 5.75 Å². The summed E-state index contributed by atoms with van der Waals surface area (Å²) in [5, 5.41) is 0. The van der Waals surface area contributed by atoms with E-state index in [2.05, 4.69) is 0 Å². The quantitative estimate of drug-likeness (QED) is 0.743. The van der Waals surface area contributed by atoms with Crippen molar-refractivity contribution < 1.29 is 17.8 Å². The van der Waals surface area contributed by atoms with Gasteiger partial charge in [0.25, 0.3) is 0 Å². The molecule has 0 aliphatic heterocycles. The molecule has 2 aliphatic rings. The van der Waals surface area contributed by atoms with Crippen LogP contribution in [0.15, 0.2) is 0 Å². The summed E-state index contributed by atoms with van der Waals surface area (Å²) in [6.45, 7) is 3.83. The predicted molar refractivity (Wildman–Crippen MR) is 59.1 cm³/mol. The summed E-state index contributed by atoms with van der Waals surface area (Å²) in [5.74, 6) is -0.280. The van der Waals surface area contributed by atoms with Gasteiger partial charge in [0.2, 0.25) is 0 Å². The van der Waals surface area contributed by atoms with Crippen LogP contribution in [0.4, 0.5) is 0 Å². The average molecular weight is 249 g/mol. The van der Waals surface area contributed by atoms with Gasteiger partial charge in [0.05, 0.1) is 15.9 Å². The molecule has 0 aromatic carbocycles. The van der Waals surface area contributed by atoms with E-state index in [0.717, 1.165) is 6.42 Å². The summed E-state index contributed by atoms with van der Waals surface area (Å²) in [5.41, 5.74) is -1.22. The van der Waals surface area contributed by atoms with Crippen LogP contribution in [-0.2, 0) is 14.9 Å². The number of Topliss-reactive ketones (excluding diaryl/α,β-unsaturated/α-hetero) is 1. The first-order valence-corrected chi connectivity index (χ1v) is 6.74. The van der Waals surface area contributed by atoms with Crippen LogP contribution in [0.2, 0.25) is 0 Å². The Morgan fingerprint density at radius 1 is 1.44 bits per heavy atom. The Balaban J connectivity index is 0.00000128. The molecule has 0 heterocycles. The minimum atomic E-state index is -4.33. The Morgan fingerprint density at radius 3 is 2.31 bits per heavy atom. The number of ketones is 1. The van der Waals surface area contributed by atoms with Gasteiger partial charge >= 0.3 is 0 Å². The molecule has 2 rings (SSSR count). The van der Waals surface area contributed by atoms with Crippen molar-refractivity contribution in [3.8, 4) is 0 Å². The number of rotatable bonds is 2. The zero-order valence-corrected chi connectivity index (χ0v) is 10.8. The third-order valence-electron chi connectivity index (χ3n) is 4.56. The molecular weight excluding hydrogens is 230 g/mol. The summed E-state index contributed by atoms with van der Waals surface area (Å²) in [6.07, 6.45) is 1.88. The largest absolute Gasteiger partial charge is 0.748 e. The highest BCUT2D eigenvalue weighted by Gasteiger charge is 2.64. The molecule has 5 nitrogen and oxygen atoms in total. The van der Waals surface area contributed by atoms with Crippen LogP contribution in [0.3, 0.4) is 0 Å². The maximum absolute atomic E-state index is 11.8. The van der Waals surface area contributed by atoms with Gasteiger partial charge in [0.15, 0.2) is 0 Å². The maximum Gasteiger partial charge on any atom is 0.140 e. The average Bonchev–Trinajstić information content (AvgIpc) is 2.34. The Kier molecular flexibility index (Phi) is 2.99. The first kappa shape index (κ1) is 13.6. The van der Waals surface area contributed by atoms with Gasteiger partial charge in [-0.3, -0.25) is 4.79 Å². The van der Waals surface area contributed by atoms with Gasteiger partial charge in [-0.2, -0.15) is 0 Å². The van der Waals surface area contributed by atoms with Crippen LogP contribution in [0.25, 0.3) is 0 Å². The third kappa shape index (κ3) is 1.59. The van der Waals surface area contributed by atoms with Crippen molar-refractivity contribution in [1.82, 2.24) is 6.15 Å². The van der Waals surface area contributed by atoms with Gasteiger partial charge < -0.3 is 10.7 Å². The van der Waals surface area contributed by atoms with E-state index in [0.29, 0.717) is 12.8 Å². The van der Waals surface area contributed by atoms with Crippen LogP contribution in [0, 0.1) is 16.7 Å². The molecule has 94 valence electrons. The number of fused-ring (bicyclic) bond motifs is 2. The van der Waals surface area contributed by atoms with Crippen LogP contribution in [-0.4, -0.2) is 24.5 Å². The van der Waals surface area contributed by atoms with E-state index in [-0.39, 0.29) is 23.3 Å². The van der Waals surface area contributed by atoms with Crippen LogP contribution < -0.4 is 6.15 Å². The van der Waals surface area contributed by atoms with Crippen molar-refractivity contribution in [2.24, 2.45) is 16.7 Å². The first-order valence-electron chi connectivity index (χ1n) is 5.16. The van der Waals surface area contributed by atoms with Gasteiger partial charge in [0, 0.05) is 11.8 Å². The predicted octanol–water partition coefficient (Wildman–Crippen LogP) is 1.30. The molecule has 6 heteroatoms. The summed E-state index contributed by atoms with van der Waals surface area (Å²) in [6, 6.07) is 0. The molecule has 0 aromatic heterocycles. The fourth-order valence-corrected chi connectivity index (χ4v) is 4.69.